The summed E-state index contributed by atoms with van der Waals surface area (Å²) in [6.45, 7) is 4.04. The Balaban J connectivity index is 1.95. The van der Waals surface area contributed by atoms with Crippen LogP contribution < -0.4 is 9.03 Å². The Bertz CT molecular complexity index is 1010. The van der Waals surface area contributed by atoms with Gasteiger partial charge in [0.05, 0.1) is 22.0 Å². The van der Waals surface area contributed by atoms with Crippen LogP contribution in [-0.2, 0) is 20.0 Å². The molecule has 0 saturated carbocycles. The zero-order chi connectivity index (χ0) is 18.2. The van der Waals surface area contributed by atoms with Crippen molar-refractivity contribution < 1.29 is 16.8 Å². The van der Waals surface area contributed by atoms with E-state index < -0.39 is 20.0 Å². The van der Waals surface area contributed by atoms with E-state index in [1.54, 1.807) is 30.3 Å². The number of rotatable bonds is 4. The van der Waals surface area contributed by atoms with E-state index in [-0.39, 0.29) is 10.6 Å². The van der Waals surface area contributed by atoms with Gasteiger partial charge in [0.1, 0.15) is 0 Å². The van der Waals surface area contributed by atoms with Crippen molar-refractivity contribution >= 4 is 31.4 Å². The SMILES string of the molecule is Cc1cccc(S(=O)(=O)Nc2ccc(C)c(N3CCCS3(=O)=O)c2)c1. The summed E-state index contributed by atoms with van der Waals surface area (Å²) in [5, 5.41) is 0. The van der Waals surface area contributed by atoms with Crippen LogP contribution in [0.1, 0.15) is 17.5 Å². The summed E-state index contributed by atoms with van der Waals surface area (Å²) in [6, 6.07) is 11.5. The smallest absolute Gasteiger partial charge is 0.261 e. The van der Waals surface area contributed by atoms with Crippen molar-refractivity contribution in [3.63, 3.8) is 0 Å². The first-order valence-corrected chi connectivity index (χ1v) is 11.0. The number of hydrogen-bond donors (Lipinski definition) is 1. The first-order valence-electron chi connectivity index (χ1n) is 7.90. The second kappa shape index (κ2) is 6.34. The average molecular weight is 380 g/mol. The van der Waals surface area contributed by atoms with Gasteiger partial charge in [0, 0.05) is 6.54 Å². The molecule has 0 bridgehead atoms. The lowest BCUT2D eigenvalue weighted by Gasteiger charge is -2.20. The molecule has 1 aliphatic heterocycles. The van der Waals surface area contributed by atoms with E-state index >= 15 is 0 Å². The first-order chi connectivity index (χ1) is 11.7. The number of sulfonamides is 2. The van der Waals surface area contributed by atoms with Crippen molar-refractivity contribution in [1.29, 1.82) is 0 Å². The highest BCUT2D eigenvalue weighted by Gasteiger charge is 2.29. The van der Waals surface area contributed by atoms with E-state index in [4.69, 9.17) is 0 Å². The molecule has 3 rings (SSSR count). The van der Waals surface area contributed by atoms with Gasteiger partial charge in [0.15, 0.2) is 0 Å². The van der Waals surface area contributed by atoms with Crippen LogP contribution in [0.25, 0.3) is 0 Å². The van der Waals surface area contributed by atoms with Crippen LogP contribution >= 0.6 is 0 Å². The molecule has 8 heteroatoms. The lowest BCUT2D eigenvalue weighted by Crippen LogP contribution is -2.26. The van der Waals surface area contributed by atoms with Crippen LogP contribution in [-0.4, -0.2) is 29.1 Å². The summed E-state index contributed by atoms with van der Waals surface area (Å²) in [5.74, 6) is 0.117. The van der Waals surface area contributed by atoms with E-state index in [9.17, 15) is 16.8 Å². The Labute approximate surface area is 148 Å². The average Bonchev–Trinajstić information content (AvgIpc) is 2.88. The molecule has 2 aromatic carbocycles. The molecular weight excluding hydrogens is 360 g/mol. The molecule has 1 saturated heterocycles. The summed E-state index contributed by atoms with van der Waals surface area (Å²) in [7, 11) is -7.06. The van der Waals surface area contributed by atoms with Crippen molar-refractivity contribution in [3.05, 3.63) is 53.6 Å². The van der Waals surface area contributed by atoms with E-state index in [0.29, 0.717) is 24.3 Å². The van der Waals surface area contributed by atoms with Gasteiger partial charge in [-0.15, -0.1) is 0 Å². The fraction of sp³-hybridized carbons (Fsp3) is 0.294. The maximum atomic E-state index is 12.6. The van der Waals surface area contributed by atoms with Gasteiger partial charge in [-0.25, -0.2) is 16.8 Å². The molecule has 1 heterocycles. The second-order valence-corrected chi connectivity index (χ2v) is 9.86. The fourth-order valence-electron chi connectivity index (χ4n) is 2.85. The van der Waals surface area contributed by atoms with Crippen molar-refractivity contribution in [3.8, 4) is 0 Å². The van der Waals surface area contributed by atoms with Crippen molar-refractivity contribution in [2.24, 2.45) is 0 Å². The van der Waals surface area contributed by atoms with Gasteiger partial charge in [0.25, 0.3) is 10.0 Å². The summed E-state index contributed by atoms with van der Waals surface area (Å²) in [6.07, 6.45) is 0.570. The van der Waals surface area contributed by atoms with Gasteiger partial charge in [-0.1, -0.05) is 18.2 Å². The predicted molar refractivity (Wildman–Crippen MR) is 98.9 cm³/mol. The summed E-state index contributed by atoms with van der Waals surface area (Å²) in [5.41, 5.74) is 2.48. The minimum Gasteiger partial charge on any atom is -0.280 e. The van der Waals surface area contributed by atoms with Crippen LogP contribution in [0.5, 0.6) is 0 Å². The summed E-state index contributed by atoms with van der Waals surface area (Å²) >= 11 is 0. The van der Waals surface area contributed by atoms with E-state index in [1.807, 2.05) is 19.9 Å². The van der Waals surface area contributed by atoms with Crippen LogP contribution in [0, 0.1) is 13.8 Å². The van der Waals surface area contributed by atoms with E-state index in [2.05, 4.69) is 4.72 Å². The Morgan fingerprint density at radius 1 is 1.08 bits per heavy atom. The zero-order valence-corrected chi connectivity index (χ0v) is 15.7. The Morgan fingerprint density at radius 2 is 1.84 bits per heavy atom. The molecule has 1 aliphatic rings. The monoisotopic (exact) mass is 380 g/mol. The highest BCUT2D eigenvalue weighted by molar-refractivity contribution is 7.93. The quantitative estimate of drug-likeness (QED) is 0.884. The molecule has 2 aromatic rings. The minimum atomic E-state index is -3.74. The van der Waals surface area contributed by atoms with Crippen molar-refractivity contribution in [2.75, 3.05) is 21.3 Å². The maximum Gasteiger partial charge on any atom is 0.261 e. The van der Waals surface area contributed by atoms with Crippen LogP contribution in [0.3, 0.4) is 0 Å². The normalized spacial score (nSPS) is 16.8. The molecule has 6 nitrogen and oxygen atoms in total. The minimum absolute atomic E-state index is 0.117. The van der Waals surface area contributed by atoms with Gasteiger partial charge in [-0.2, -0.15) is 0 Å². The molecule has 134 valence electrons. The van der Waals surface area contributed by atoms with Gasteiger partial charge in [-0.3, -0.25) is 9.03 Å². The molecule has 0 spiro atoms. The number of nitrogens with zero attached hydrogens (tertiary/aromatic N) is 1. The van der Waals surface area contributed by atoms with Crippen molar-refractivity contribution in [2.45, 2.75) is 25.2 Å². The van der Waals surface area contributed by atoms with Gasteiger partial charge < -0.3 is 0 Å². The van der Waals surface area contributed by atoms with Gasteiger partial charge in [0.2, 0.25) is 10.0 Å². The summed E-state index contributed by atoms with van der Waals surface area (Å²) < 4.78 is 53.3. The molecular formula is C17H20N2O4S2. The highest BCUT2D eigenvalue weighted by Crippen LogP contribution is 2.30. The molecule has 0 radical (unpaired) electrons. The van der Waals surface area contributed by atoms with E-state index in [0.717, 1.165) is 11.1 Å². The number of nitrogens with one attached hydrogen (secondary N) is 1. The lowest BCUT2D eigenvalue weighted by molar-refractivity contribution is 0.598. The molecule has 1 N–H and O–H groups in total. The van der Waals surface area contributed by atoms with E-state index in [1.165, 1.54) is 10.4 Å². The largest absolute Gasteiger partial charge is 0.280 e. The molecule has 0 unspecified atom stereocenters. The van der Waals surface area contributed by atoms with Crippen LogP contribution in [0.15, 0.2) is 47.4 Å². The third kappa shape index (κ3) is 3.64. The third-order valence-corrected chi connectivity index (χ3v) is 7.36. The zero-order valence-electron chi connectivity index (χ0n) is 14.1. The topological polar surface area (TPSA) is 83.6 Å². The third-order valence-electron chi connectivity index (χ3n) is 4.13. The summed E-state index contributed by atoms with van der Waals surface area (Å²) in [4.78, 5) is 0.170. The number of aryl methyl sites for hydroxylation is 2. The first kappa shape index (κ1) is 17.8. The number of benzene rings is 2. The van der Waals surface area contributed by atoms with Gasteiger partial charge >= 0.3 is 0 Å². The van der Waals surface area contributed by atoms with Crippen LogP contribution in [0.2, 0.25) is 0 Å². The lowest BCUT2D eigenvalue weighted by atomic mass is 10.2. The Morgan fingerprint density at radius 3 is 2.48 bits per heavy atom. The molecule has 0 amide bonds. The molecule has 0 atom stereocenters. The second-order valence-electron chi connectivity index (χ2n) is 6.16. The van der Waals surface area contributed by atoms with Crippen LogP contribution in [0.4, 0.5) is 11.4 Å². The highest BCUT2D eigenvalue weighted by atomic mass is 32.2. The number of anilines is 2. The Kier molecular flexibility index (Phi) is 4.51. The Hall–Kier alpha value is -2.06. The predicted octanol–water partition coefficient (Wildman–Crippen LogP) is 2.64. The van der Waals surface area contributed by atoms with Gasteiger partial charge in [-0.05, 0) is 55.7 Å². The maximum absolute atomic E-state index is 12.6. The molecule has 0 aliphatic carbocycles. The molecule has 1 fully saturated rings. The standard InChI is InChI=1S/C17H20N2O4S2/c1-13-5-3-6-16(11-13)25(22,23)18-15-8-7-14(2)17(12-15)19-9-4-10-24(19,20)21/h3,5-8,11-12,18H,4,9-10H2,1-2H3. The molecule has 25 heavy (non-hydrogen) atoms. The fourth-order valence-corrected chi connectivity index (χ4v) is 5.62. The number of hydrogen-bond acceptors (Lipinski definition) is 4. The van der Waals surface area contributed by atoms with Crippen molar-refractivity contribution in [1.82, 2.24) is 0 Å². The molecule has 0 aromatic heterocycles.